The minimum Gasteiger partial charge on any atom is -0.480 e. The predicted molar refractivity (Wildman–Crippen MR) is 138 cm³/mol. The molecule has 216 valence electrons. The molecule has 0 aromatic heterocycles. The van der Waals surface area contributed by atoms with E-state index in [4.69, 9.17) is 28.7 Å². The molecule has 0 aliphatic carbocycles. The van der Waals surface area contributed by atoms with Gasteiger partial charge < -0.3 is 49.7 Å². The Hall–Kier alpha value is -3.95. The summed E-state index contributed by atoms with van der Waals surface area (Å²) in [5, 5.41) is 16.6. The van der Waals surface area contributed by atoms with Gasteiger partial charge in [-0.2, -0.15) is 0 Å². The Kier molecular flexibility index (Phi) is 15.7. The fraction of sp³-hybridized carbons (Fsp3) is 0.682. The average molecular weight is 544 g/mol. The van der Waals surface area contributed by atoms with Crippen LogP contribution < -0.4 is 44.6 Å². The zero-order valence-corrected chi connectivity index (χ0v) is 21.8. The van der Waals surface area contributed by atoms with Crippen molar-refractivity contribution in [2.75, 3.05) is 6.54 Å². The number of amides is 5. The number of guanidine groups is 1. The molecule has 5 atom stereocenters. The van der Waals surface area contributed by atoms with Crippen molar-refractivity contribution in [2.45, 2.75) is 83.0 Å². The summed E-state index contributed by atoms with van der Waals surface area (Å²) in [5.41, 5.74) is 26.8. The highest BCUT2D eigenvalue weighted by Crippen LogP contribution is 2.08. The van der Waals surface area contributed by atoms with Crippen molar-refractivity contribution in [1.29, 1.82) is 0 Å². The summed E-state index contributed by atoms with van der Waals surface area (Å²) >= 11 is 0. The average Bonchev–Trinajstić information content (AvgIpc) is 2.83. The number of nitrogens with two attached hydrogens (primary N) is 5. The third-order valence-electron chi connectivity index (χ3n) is 5.74. The number of carbonyl (C=O) groups excluding carboxylic acids is 5. The molecule has 0 aromatic rings. The number of carboxylic acid groups (broad SMARTS) is 1. The molecular formula is C22H41N9O7. The second-order valence-corrected chi connectivity index (χ2v) is 8.89. The third kappa shape index (κ3) is 14.0. The molecule has 0 aliphatic rings. The van der Waals surface area contributed by atoms with Gasteiger partial charge in [-0.15, -0.1) is 0 Å². The maximum Gasteiger partial charge on any atom is 0.326 e. The molecule has 0 aliphatic heterocycles. The van der Waals surface area contributed by atoms with E-state index in [-0.39, 0.29) is 56.9 Å². The van der Waals surface area contributed by atoms with E-state index < -0.39 is 59.7 Å². The highest BCUT2D eigenvalue weighted by molar-refractivity contribution is 5.94. The van der Waals surface area contributed by atoms with Gasteiger partial charge in [-0.05, 0) is 31.6 Å². The van der Waals surface area contributed by atoms with Crippen LogP contribution >= 0.6 is 0 Å². The van der Waals surface area contributed by atoms with Gasteiger partial charge in [-0.1, -0.05) is 20.3 Å². The van der Waals surface area contributed by atoms with Gasteiger partial charge in [0.05, 0.1) is 6.04 Å². The highest BCUT2D eigenvalue weighted by Gasteiger charge is 2.31. The summed E-state index contributed by atoms with van der Waals surface area (Å²) in [5.74, 6) is -5.59. The maximum absolute atomic E-state index is 13.1. The number of carboxylic acids is 1. The van der Waals surface area contributed by atoms with Gasteiger partial charge in [0.15, 0.2) is 5.96 Å². The molecular weight excluding hydrogens is 502 g/mol. The molecule has 0 saturated heterocycles. The van der Waals surface area contributed by atoms with Gasteiger partial charge >= 0.3 is 5.97 Å². The fourth-order valence-electron chi connectivity index (χ4n) is 3.20. The number of hydrogen-bond donors (Lipinski definition) is 9. The lowest BCUT2D eigenvalue weighted by atomic mass is 9.98. The van der Waals surface area contributed by atoms with E-state index in [9.17, 15) is 33.9 Å². The normalized spacial score (nSPS) is 14.6. The summed E-state index contributed by atoms with van der Waals surface area (Å²) in [6.45, 7) is 3.79. The van der Waals surface area contributed by atoms with E-state index in [2.05, 4.69) is 20.9 Å². The summed E-state index contributed by atoms with van der Waals surface area (Å²) in [4.78, 5) is 76.3. The van der Waals surface area contributed by atoms with Gasteiger partial charge in [-0.3, -0.25) is 29.0 Å². The number of hydrogen-bond acceptors (Lipinski definition) is 8. The quantitative estimate of drug-likeness (QED) is 0.0439. The van der Waals surface area contributed by atoms with Gasteiger partial charge in [0.25, 0.3) is 0 Å². The van der Waals surface area contributed by atoms with Gasteiger partial charge in [-0.25, -0.2) is 4.79 Å². The van der Waals surface area contributed by atoms with E-state index in [0.29, 0.717) is 6.42 Å². The number of primary amides is 2. The second-order valence-electron chi connectivity index (χ2n) is 8.89. The molecule has 0 spiro atoms. The Balaban J connectivity index is 5.74. The molecule has 14 N–H and O–H groups in total. The van der Waals surface area contributed by atoms with Crippen LogP contribution in [0.3, 0.4) is 0 Å². The molecule has 0 saturated carbocycles. The second kappa shape index (κ2) is 17.5. The number of aliphatic carboxylic acids is 1. The number of carbonyl (C=O) groups is 6. The molecule has 5 amide bonds. The zero-order chi connectivity index (χ0) is 29.4. The Morgan fingerprint density at radius 1 is 0.763 bits per heavy atom. The fourth-order valence-corrected chi connectivity index (χ4v) is 3.20. The van der Waals surface area contributed by atoms with Crippen LogP contribution in [0.2, 0.25) is 0 Å². The first kappa shape index (κ1) is 34.0. The minimum absolute atomic E-state index is 0.0715. The van der Waals surface area contributed by atoms with Crippen molar-refractivity contribution in [3.63, 3.8) is 0 Å². The molecule has 0 heterocycles. The lowest BCUT2D eigenvalue weighted by Crippen LogP contribution is -2.57. The first-order valence-corrected chi connectivity index (χ1v) is 12.2. The highest BCUT2D eigenvalue weighted by atomic mass is 16.4. The van der Waals surface area contributed by atoms with Gasteiger partial charge in [0.2, 0.25) is 29.5 Å². The SMILES string of the molecule is CCC(C)C(N)C(=O)NC(CCCN=C(N)N)C(=O)NC(CCC(N)=O)C(=O)NC(CCC(N)=O)C(=O)O. The van der Waals surface area contributed by atoms with Crippen molar-refractivity contribution in [3.8, 4) is 0 Å². The van der Waals surface area contributed by atoms with Crippen molar-refractivity contribution in [1.82, 2.24) is 16.0 Å². The number of aliphatic imine (C=N–C) groups is 1. The van der Waals surface area contributed by atoms with Crippen LogP contribution in [0.1, 0.15) is 58.8 Å². The molecule has 38 heavy (non-hydrogen) atoms. The van der Waals surface area contributed by atoms with E-state index >= 15 is 0 Å². The number of rotatable bonds is 19. The maximum atomic E-state index is 13.1. The number of nitrogens with zero attached hydrogens (tertiary/aromatic N) is 1. The Morgan fingerprint density at radius 2 is 1.21 bits per heavy atom. The van der Waals surface area contributed by atoms with Crippen LogP contribution in [0.25, 0.3) is 0 Å². The Morgan fingerprint density at radius 3 is 1.66 bits per heavy atom. The smallest absolute Gasteiger partial charge is 0.326 e. The molecule has 16 heteroatoms. The molecule has 16 nitrogen and oxygen atoms in total. The third-order valence-corrected chi connectivity index (χ3v) is 5.74. The van der Waals surface area contributed by atoms with E-state index in [0.717, 1.165) is 0 Å². The lowest BCUT2D eigenvalue weighted by molar-refractivity contribution is -0.142. The van der Waals surface area contributed by atoms with E-state index in [1.165, 1.54) is 0 Å². The van der Waals surface area contributed by atoms with Crippen molar-refractivity contribution in [2.24, 2.45) is 39.6 Å². The van der Waals surface area contributed by atoms with Crippen LogP contribution in [-0.4, -0.2) is 77.3 Å². The van der Waals surface area contributed by atoms with Crippen LogP contribution in [-0.2, 0) is 28.8 Å². The molecule has 5 unspecified atom stereocenters. The van der Waals surface area contributed by atoms with E-state index in [1.807, 2.05) is 6.92 Å². The topological polar surface area (TPSA) is 301 Å². The Bertz CT molecular complexity index is 877. The summed E-state index contributed by atoms with van der Waals surface area (Å²) in [7, 11) is 0. The van der Waals surface area contributed by atoms with E-state index in [1.54, 1.807) is 6.92 Å². The summed E-state index contributed by atoms with van der Waals surface area (Å²) in [6, 6.07) is -4.92. The summed E-state index contributed by atoms with van der Waals surface area (Å²) in [6.07, 6.45) is -0.192. The molecule has 0 radical (unpaired) electrons. The monoisotopic (exact) mass is 543 g/mol. The van der Waals surface area contributed by atoms with Crippen LogP contribution in [0.5, 0.6) is 0 Å². The summed E-state index contributed by atoms with van der Waals surface area (Å²) < 4.78 is 0. The van der Waals surface area contributed by atoms with Crippen molar-refractivity contribution in [3.05, 3.63) is 0 Å². The van der Waals surface area contributed by atoms with Crippen molar-refractivity contribution >= 4 is 41.5 Å². The standard InChI is InChI=1S/C22H41N9O7/c1-3-11(2)17(25)20(36)30-12(5-4-10-28-22(26)27)18(34)29-13(6-8-15(23)32)19(35)31-14(21(37)38)7-9-16(24)33/h11-14,17H,3-10,25H2,1-2H3,(H2,23,32)(H2,24,33)(H,29,34)(H,30,36)(H,31,35)(H,37,38)(H4,26,27,28). The Labute approximate surface area is 220 Å². The van der Waals surface area contributed by atoms with Gasteiger partial charge in [0, 0.05) is 19.4 Å². The molecule has 0 bridgehead atoms. The van der Waals surface area contributed by atoms with Crippen LogP contribution in [0.4, 0.5) is 0 Å². The largest absolute Gasteiger partial charge is 0.480 e. The van der Waals surface area contributed by atoms with Crippen LogP contribution in [0, 0.1) is 5.92 Å². The zero-order valence-electron chi connectivity index (χ0n) is 21.8. The molecule has 0 aromatic carbocycles. The molecule has 0 rings (SSSR count). The predicted octanol–water partition coefficient (Wildman–Crippen LogP) is -3.52. The van der Waals surface area contributed by atoms with Crippen LogP contribution in [0.15, 0.2) is 4.99 Å². The number of nitrogens with one attached hydrogen (secondary N) is 3. The first-order chi connectivity index (χ1) is 17.7. The first-order valence-electron chi connectivity index (χ1n) is 12.2. The van der Waals surface area contributed by atoms with Gasteiger partial charge in [0.1, 0.15) is 18.1 Å². The molecule has 0 fully saturated rings. The van der Waals surface area contributed by atoms with Crippen molar-refractivity contribution < 1.29 is 33.9 Å². The lowest BCUT2D eigenvalue weighted by Gasteiger charge is -2.26. The minimum atomic E-state index is -1.48.